The second-order valence-corrected chi connectivity index (χ2v) is 4.61. The van der Waals surface area contributed by atoms with Crippen LogP contribution in [-0.4, -0.2) is 9.78 Å². The molecule has 0 aliphatic rings. The minimum atomic E-state index is 0.563. The molecule has 0 radical (unpaired) electrons. The van der Waals surface area contributed by atoms with Gasteiger partial charge in [-0.1, -0.05) is 41.1 Å². The minimum Gasteiger partial charge on any atom is -0.702 e. The molecule has 0 unspecified atom stereocenters. The summed E-state index contributed by atoms with van der Waals surface area (Å²) in [6.07, 6.45) is 0. The van der Waals surface area contributed by atoms with Crippen molar-refractivity contribution in [1.29, 1.82) is 0 Å². The summed E-state index contributed by atoms with van der Waals surface area (Å²) in [5.74, 6) is 0.988. The lowest BCUT2D eigenvalue weighted by Crippen LogP contribution is -2.35. The fraction of sp³-hybridized carbons (Fsp3) is 0.0667. The molecule has 19 heavy (non-hydrogen) atoms. The van der Waals surface area contributed by atoms with E-state index in [0.29, 0.717) is 5.16 Å². The zero-order chi connectivity index (χ0) is 13.2. The van der Waals surface area contributed by atoms with Crippen molar-refractivity contribution in [3.8, 4) is 11.4 Å². The van der Waals surface area contributed by atoms with Gasteiger partial charge in [-0.05, 0) is 24.3 Å². The van der Waals surface area contributed by atoms with E-state index in [1.165, 1.54) is 0 Å². The number of hydrogen-bond acceptors (Lipinski definition) is 2. The fourth-order valence-electron chi connectivity index (χ4n) is 2.12. The van der Waals surface area contributed by atoms with E-state index in [1.807, 2.05) is 76.8 Å². The summed E-state index contributed by atoms with van der Waals surface area (Å²) in [5, 5.41) is 5.01. The van der Waals surface area contributed by atoms with E-state index >= 15 is 0 Å². The van der Waals surface area contributed by atoms with Gasteiger partial charge in [0.15, 0.2) is 5.16 Å². The molecule has 0 spiro atoms. The summed E-state index contributed by atoms with van der Waals surface area (Å²) in [6, 6.07) is 20.0. The number of hydrogen-bond donors (Lipinski definition) is 0. The van der Waals surface area contributed by atoms with E-state index in [9.17, 15) is 0 Å². The van der Waals surface area contributed by atoms with E-state index in [1.54, 1.807) is 0 Å². The van der Waals surface area contributed by atoms with Crippen LogP contribution in [0.2, 0.25) is 0 Å². The maximum absolute atomic E-state index is 5.37. The van der Waals surface area contributed by atoms with Crippen molar-refractivity contribution >= 4 is 12.6 Å². The second-order valence-electron chi connectivity index (χ2n) is 4.25. The smallest absolute Gasteiger partial charge is 0.242 e. The number of para-hydroxylation sites is 2. The Hall–Kier alpha value is -2.20. The average Bonchev–Trinajstić information content (AvgIpc) is 2.76. The van der Waals surface area contributed by atoms with E-state index < -0.39 is 0 Å². The molecule has 0 fully saturated rings. The molecular formula is C15H13N3S. The van der Waals surface area contributed by atoms with Gasteiger partial charge in [0.1, 0.15) is 11.4 Å². The molecule has 2 aromatic carbocycles. The van der Waals surface area contributed by atoms with Crippen LogP contribution in [-0.2, 0) is 12.6 Å². The van der Waals surface area contributed by atoms with Crippen LogP contribution in [0.5, 0.6) is 0 Å². The lowest BCUT2D eigenvalue weighted by atomic mass is 10.3. The SMILES string of the molecule is Cc1n(-c2ccccc2)nc([S-])[n+]1-c1ccccc1. The average molecular weight is 267 g/mol. The third-order valence-electron chi connectivity index (χ3n) is 3.02. The predicted molar refractivity (Wildman–Crippen MR) is 75.5 cm³/mol. The Labute approximate surface area is 117 Å². The van der Waals surface area contributed by atoms with Crippen LogP contribution < -0.4 is 4.57 Å². The van der Waals surface area contributed by atoms with Crippen molar-refractivity contribution in [2.75, 3.05) is 0 Å². The van der Waals surface area contributed by atoms with E-state index in [4.69, 9.17) is 12.6 Å². The van der Waals surface area contributed by atoms with Crippen LogP contribution in [0.4, 0.5) is 0 Å². The molecule has 1 heterocycles. The molecule has 0 saturated heterocycles. The Bertz CT molecular complexity index is 690. The van der Waals surface area contributed by atoms with E-state index in [2.05, 4.69) is 5.10 Å². The molecule has 3 aromatic rings. The van der Waals surface area contributed by atoms with Gasteiger partial charge in [-0.2, -0.15) is 0 Å². The van der Waals surface area contributed by atoms with Crippen molar-refractivity contribution in [2.24, 2.45) is 0 Å². The Morgan fingerprint density at radius 2 is 1.53 bits per heavy atom. The van der Waals surface area contributed by atoms with Crippen LogP contribution in [0.3, 0.4) is 0 Å². The molecule has 94 valence electrons. The van der Waals surface area contributed by atoms with Crippen molar-refractivity contribution in [3.63, 3.8) is 0 Å². The molecule has 4 heteroatoms. The predicted octanol–water partition coefficient (Wildman–Crippen LogP) is 2.36. The zero-order valence-corrected chi connectivity index (χ0v) is 11.3. The minimum absolute atomic E-state index is 0.563. The van der Waals surface area contributed by atoms with E-state index in [0.717, 1.165) is 17.2 Å². The molecule has 0 N–H and O–H groups in total. The van der Waals surface area contributed by atoms with Crippen LogP contribution in [0, 0.1) is 6.92 Å². The third kappa shape index (κ3) is 2.11. The van der Waals surface area contributed by atoms with Crippen molar-refractivity contribution in [1.82, 2.24) is 9.78 Å². The normalized spacial score (nSPS) is 10.6. The highest BCUT2D eigenvalue weighted by Crippen LogP contribution is 2.10. The lowest BCUT2D eigenvalue weighted by Gasteiger charge is -2.03. The largest absolute Gasteiger partial charge is 0.702 e. The fourth-order valence-corrected chi connectivity index (χ4v) is 2.44. The van der Waals surface area contributed by atoms with E-state index in [-0.39, 0.29) is 0 Å². The second kappa shape index (κ2) is 4.82. The Balaban J connectivity index is 2.17. The summed E-state index contributed by atoms with van der Waals surface area (Å²) < 4.78 is 3.84. The number of benzene rings is 2. The van der Waals surface area contributed by atoms with Crippen LogP contribution in [0.25, 0.3) is 11.4 Å². The molecule has 0 aliphatic heterocycles. The van der Waals surface area contributed by atoms with Crippen molar-refractivity contribution in [3.05, 3.63) is 66.5 Å². The molecule has 3 nitrogen and oxygen atoms in total. The molecule has 0 atom stereocenters. The highest BCUT2D eigenvalue weighted by atomic mass is 32.1. The van der Waals surface area contributed by atoms with Gasteiger partial charge in [0.2, 0.25) is 5.82 Å². The van der Waals surface area contributed by atoms with Gasteiger partial charge in [-0.3, -0.25) is 0 Å². The molecule has 0 aliphatic carbocycles. The summed E-state index contributed by atoms with van der Waals surface area (Å²) in [4.78, 5) is 0. The van der Waals surface area contributed by atoms with Crippen LogP contribution in [0.15, 0.2) is 65.8 Å². The highest BCUT2D eigenvalue weighted by Gasteiger charge is 2.18. The lowest BCUT2D eigenvalue weighted by molar-refractivity contribution is -0.643. The monoisotopic (exact) mass is 267 g/mol. The quantitative estimate of drug-likeness (QED) is 0.525. The maximum Gasteiger partial charge on any atom is 0.242 e. The van der Waals surface area contributed by atoms with Crippen molar-refractivity contribution in [2.45, 2.75) is 12.1 Å². The molecule has 1 aromatic heterocycles. The Morgan fingerprint density at radius 1 is 0.947 bits per heavy atom. The van der Waals surface area contributed by atoms with Gasteiger partial charge in [-0.25, -0.2) is 4.57 Å². The van der Waals surface area contributed by atoms with Crippen molar-refractivity contribution < 1.29 is 4.57 Å². The molecule has 0 amide bonds. The first-order chi connectivity index (χ1) is 9.27. The van der Waals surface area contributed by atoms with Gasteiger partial charge in [0, 0.05) is 12.0 Å². The molecule has 3 rings (SSSR count). The Morgan fingerprint density at radius 3 is 2.16 bits per heavy atom. The maximum atomic E-state index is 5.37. The topological polar surface area (TPSA) is 21.7 Å². The third-order valence-corrected chi connectivity index (χ3v) is 3.29. The van der Waals surface area contributed by atoms with Gasteiger partial charge in [0.25, 0.3) is 0 Å². The summed E-state index contributed by atoms with van der Waals surface area (Å²) >= 11 is 5.37. The first kappa shape index (κ1) is 11.9. The number of nitrogens with zero attached hydrogens (tertiary/aromatic N) is 3. The number of rotatable bonds is 2. The van der Waals surface area contributed by atoms with Crippen LogP contribution in [0.1, 0.15) is 5.82 Å². The van der Waals surface area contributed by atoms with Crippen LogP contribution >= 0.6 is 0 Å². The first-order valence-corrected chi connectivity index (χ1v) is 6.48. The van der Waals surface area contributed by atoms with Gasteiger partial charge < -0.3 is 12.6 Å². The van der Waals surface area contributed by atoms with Gasteiger partial charge >= 0.3 is 0 Å². The van der Waals surface area contributed by atoms with Gasteiger partial charge in [-0.15, -0.1) is 0 Å². The zero-order valence-electron chi connectivity index (χ0n) is 10.5. The summed E-state index contributed by atoms with van der Waals surface area (Å²) in [6.45, 7) is 2.02. The number of aromatic nitrogens is 3. The van der Waals surface area contributed by atoms with Gasteiger partial charge in [0.05, 0.1) is 0 Å². The Kier molecular flexibility index (Phi) is 3.01. The standard InChI is InChI=1S/C15H13N3S/c1-12-17(13-8-4-2-5-9-13)15(19)16-18(12)14-10-6-3-7-11-14/h2-11H,1H3. The summed E-state index contributed by atoms with van der Waals surface area (Å²) in [7, 11) is 0. The molecule has 0 saturated carbocycles. The molecular weight excluding hydrogens is 254 g/mol. The molecule has 0 bridgehead atoms. The summed E-state index contributed by atoms with van der Waals surface area (Å²) in [5.41, 5.74) is 2.05. The highest BCUT2D eigenvalue weighted by molar-refractivity contribution is 7.58. The first-order valence-electron chi connectivity index (χ1n) is 6.07.